The van der Waals surface area contributed by atoms with Crippen LogP contribution in [0.3, 0.4) is 0 Å². The molecule has 0 bridgehead atoms. The van der Waals surface area contributed by atoms with Gasteiger partial charge in [-0.25, -0.2) is 4.98 Å². The van der Waals surface area contributed by atoms with Gasteiger partial charge in [0.15, 0.2) is 0 Å². The molecule has 0 spiro atoms. The van der Waals surface area contributed by atoms with E-state index >= 15 is 0 Å². The summed E-state index contributed by atoms with van der Waals surface area (Å²) in [5, 5.41) is 4.27. The zero-order valence-electron chi connectivity index (χ0n) is 10.9. The zero-order chi connectivity index (χ0) is 13.5. The van der Waals surface area contributed by atoms with Gasteiger partial charge in [-0.1, -0.05) is 35.9 Å². The van der Waals surface area contributed by atoms with Gasteiger partial charge < -0.3 is 10.3 Å². The largest absolute Gasteiger partial charge is 0.340 e. The first-order valence-electron chi connectivity index (χ1n) is 6.77. The van der Waals surface area contributed by atoms with Crippen LogP contribution >= 0.6 is 11.6 Å². The maximum atomic E-state index is 6.03. The lowest BCUT2D eigenvalue weighted by Crippen LogP contribution is -2.31. The first-order valence-corrected chi connectivity index (χ1v) is 7.15. The number of aromatic amines is 1. The summed E-state index contributed by atoms with van der Waals surface area (Å²) in [6, 6.07) is 14.4. The number of benzene rings is 2. The van der Waals surface area contributed by atoms with E-state index in [1.54, 1.807) is 0 Å². The van der Waals surface area contributed by atoms with E-state index in [9.17, 15) is 0 Å². The second-order valence-electron chi connectivity index (χ2n) is 5.12. The van der Waals surface area contributed by atoms with E-state index in [1.165, 1.54) is 11.1 Å². The Morgan fingerprint density at radius 2 is 2.05 bits per heavy atom. The molecule has 3 aromatic rings. The fraction of sp³-hybridized carbons (Fsp3) is 0.188. The van der Waals surface area contributed by atoms with Crippen molar-refractivity contribution >= 4 is 22.6 Å². The molecule has 4 rings (SSSR count). The summed E-state index contributed by atoms with van der Waals surface area (Å²) in [6.45, 7) is 0.972. The zero-order valence-corrected chi connectivity index (χ0v) is 11.6. The molecule has 0 saturated heterocycles. The van der Waals surface area contributed by atoms with Crippen LogP contribution < -0.4 is 5.32 Å². The van der Waals surface area contributed by atoms with Crippen molar-refractivity contribution in [3.8, 4) is 0 Å². The standard InChI is InChI=1S/C16H14ClN3/c17-11-5-6-13-14(9-11)20-16(19-13)15-12-4-2-1-3-10(12)7-8-18-15/h1-6,9,15,18H,7-8H2,(H,19,20). The number of rotatable bonds is 1. The van der Waals surface area contributed by atoms with Crippen LogP contribution in [0.2, 0.25) is 5.02 Å². The molecule has 0 fully saturated rings. The summed E-state index contributed by atoms with van der Waals surface area (Å²) in [5.74, 6) is 0.953. The highest BCUT2D eigenvalue weighted by molar-refractivity contribution is 6.31. The number of hydrogen-bond acceptors (Lipinski definition) is 2. The van der Waals surface area contributed by atoms with Crippen molar-refractivity contribution in [2.45, 2.75) is 12.5 Å². The topological polar surface area (TPSA) is 40.7 Å². The molecule has 0 saturated carbocycles. The molecule has 2 N–H and O–H groups in total. The minimum absolute atomic E-state index is 0.131. The molecule has 1 aliphatic heterocycles. The summed E-state index contributed by atoms with van der Waals surface area (Å²) in [7, 11) is 0. The number of fused-ring (bicyclic) bond motifs is 2. The molecule has 2 aromatic carbocycles. The molecule has 1 aromatic heterocycles. The second-order valence-corrected chi connectivity index (χ2v) is 5.56. The fourth-order valence-corrected chi connectivity index (χ4v) is 3.06. The van der Waals surface area contributed by atoms with Crippen molar-refractivity contribution < 1.29 is 0 Å². The highest BCUT2D eigenvalue weighted by atomic mass is 35.5. The molecule has 0 amide bonds. The van der Waals surface area contributed by atoms with Gasteiger partial charge in [0.1, 0.15) is 5.82 Å². The van der Waals surface area contributed by atoms with Crippen LogP contribution in [-0.4, -0.2) is 16.5 Å². The molecule has 0 radical (unpaired) electrons. The molecule has 1 aliphatic rings. The van der Waals surface area contributed by atoms with Gasteiger partial charge in [-0.2, -0.15) is 0 Å². The lowest BCUT2D eigenvalue weighted by Gasteiger charge is -2.25. The van der Waals surface area contributed by atoms with Crippen LogP contribution in [-0.2, 0) is 6.42 Å². The predicted octanol–water partition coefficient (Wildman–Crippen LogP) is 3.45. The van der Waals surface area contributed by atoms with Gasteiger partial charge in [-0.3, -0.25) is 0 Å². The summed E-state index contributed by atoms with van der Waals surface area (Å²) in [4.78, 5) is 8.09. The van der Waals surface area contributed by atoms with Crippen LogP contribution in [0, 0.1) is 0 Å². The van der Waals surface area contributed by atoms with E-state index in [4.69, 9.17) is 16.6 Å². The van der Waals surface area contributed by atoms with Crippen molar-refractivity contribution in [3.05, 3.63) is 64.4 Å². The second kappa shape index (κ2) is 4.62. The Morgan fingerprint density at radius 1 is 1.15 bits per heavy atom. The van der Waals surface area contributed by atoms with Gasteiger partial charge in [0.2, 0.25) is 0 Å². The molecule has 4 heteroatoms. The molecule has 3 nitrogen and oxygen atoms in total. The lowest BCUT2D eigenvalue weighted by molar-refractivity contribution is 0.549. The van der Waals surface area contributed by atoms with Crippen molar-refractivity contribution in [3.63, 3.8) is 0 Å². The third-order valence-corrected chi connectivity index (χ3v) is 4.08. The highest BCUT2D eigenvalue weighted by Crippen LogP contribution is 2.28. The third-order valence-electron chi connectivity index (χ3n) is 3.84. The van der Waals surface area contributed by atoms with Crippen molar-refractivity contribution in [1.82, 2.24) is 15.3 Å². The van der Waals surface area contributed by atoms with Crippen LogP contribution in [0.15, 0.2) is 42.5 Å². The summed E-state index contributed by atoms with van der Waals surface area (Å²) >= 11 is 6.03. The molecule has 100 valence electrons. The highest BCUT2D eigenvalue weighted by Gasteiger charge is 2.23. The summed E-state index contributed by atoms with van der Waals surface area (Å²) < 4.78 is 0. The third kappa shape index (κ3) is 1.90. The Bertz CT molecular complexity index is 778. The summed E-state index contributed by atoms with van der Waals surface area (Å²) in [5.41, 5.74) is 4.64. The Kier molecular flexibility index (Phi) is 2.76. The van der Waals surface area contributed by atoms with Crippen molar-refractivity contribution in [2.75, 3.05) is 6.54 Å². The van der Waals surface area contributed by atoms with Gasteiger partial charge in [-0.05, 0) is 35.7 Å². The Balaban J connectivity index is 1.84. The Morgan fingerprint density at radius 3 is 3.00 bits per heavy atom. The average Bonchev–Trinajstić information content (AvgIpc) is 2.89. The number of imidazole rings is 1. The smallest absolute Gasteiger partial charge is 0.129 e. The lowest BCUT2D eigenvalue weighted by atomic mass is 9.94. The monoisotopic (exact) mass is 283 g/mol. The first kappa shape index (κ1) is 11.9. The van der Waals surface area contributed by atoms with Crippen LogP contribution in [0.1, 0.15) is 23.0 Å². The van der Waals surface area contributed by atoms with Gasteiger partial charge in [-0.15, -0.1) is 0 Å². The molecule has 2 heterocycles. The van der Waals surface area contributed by atoms with E-state index in [2.05, 4.69) is 34.6 Å². The normalized spacial score (nSPS) is 18.1. The maximum Gasteiger partial charge on any atom is 0.129 e. The van der Waals surface area contributed by atoms with Crippen molar-refractivity contribution in [1.29, 1.82) is 0 Å². The van der Waals surface area contributed by atoms with Gasteiger partial charge in [0.25, 0.3) is 0 Å². The molecular formula is C16H14ClN3. The maximum absolute atomic E-state index is 6.03. The SMILES string of the molecule is Clc1ccc2nc(C3NCCc4ccccc43)[nH]c2c1. The van der Waals surface area contributed by atoms with Gasteiger partial charge >= 0.3 is 0 Å². The number of nitrogens with zero attached hydrogens (tertiary/aromatic N) is 1. The molecule has 1 atom stereocenters. The minimum atomic E-state index is 0.131. The number of H-pyrrole nitrogens is 1. The van der Waals surface area contributed by atoms with E-state index in [0.29, 0.717) is 0 Å². The minimum Gasteiger partial charge on any atom is -0.340 e. The summed E-state index contributed by atoms with van der Waals surface area (Å²) in [6.07, 6.45) is 1.07. The molecule has 20 heavy (non-hydrogen) atoms. The van der Waals surface area contributed by atoms with E-state index in [1.807, 2.05) is 18.2 Å². The Hall–Kier alpha value is -1.84. The van der Waals surface area contributed by atoms with E-state index in [-0.39, 0.29) is 6.04 Å². The van der Waals surface area contributed by atoms with Gasteiger partial charge in [0.05, 0.1) is 17.1 Å². The quantitative estimate of drug-likeness (QED) is 0.718. The van der Waals surface area contributed by atoms with E-state index < -0.39 is 0 Å². The van der Waals surface area contributed by atoms with E-state index in [0.717, 1.165) is 34.8 Å². The fourth-order valence-electron chi connectivity index (χ4n) is 2.89. The molecule has 0 aliphatic carbocycles. The number of hydrogen-bond donors (Lipinski definition) is 2. The average molecular weight is 284 g/mol. The number of aromatic nitrogens is 2. The van der Waals surface area contributed by atoms with Crippen LogP contribution in [0.4, 0.5) is 0 Å². The number of halogens is 1. The van der Waals surface area contributed by atoms with Gasteiger partial charge in [0, 0.05) is 11.6 Å². The van der Waals surface area contributed by atoms with Crippen molar-refractivity contribution in [2.24, 2.45) is 0 Å². The molecule has 1 unspecified atom stereocenters. The molecular weight excluding hydrogens is 270 g/mol. The first-order chi connectivity index (χ1) is 9.81. The number of nitrogens with one attached hydrogen (secondary N) is 2. The van der Waals surface area contributed by atoms with Crippen LogP contribution in [0.25, 0.3) is 11.0 Å². The van der Waals surface area contributed by atoms with Crippen LogP contribution in [0.5, 0.6) is 0 Å². The predicted molar refractivity (Wildman–Crippen MR) is 81.1 cm³/mol. The Labute approximate surface area is 122 Å².